The van der Waals surface area contributed by atoms with Crippen LogP contribution >= 0.6 is 0 Å². The third-order valence-corrected chi connectivity index (χ3v) is 2.27. The second-order valence-electron chi connectivity index (χ2n) is 3.64. The van der Waals surface area contributed by atoms with Gasteiger partial charge >= 0.3 is 0 Å². The van der Waals surface area contributed by atoms with E-state index in [4.69, 9.17) is 19.9 Å². The van der Waals surface area contributed by atoms with E-state index in [9.17, 15) is 10.1 Å². The molecule has 0 atom stereocenters. The molecule has 0 aromatic heterocycles. The number of nitrogen functional groups attached to an aromatic ring is 1. The first-order valence-corrected chi connectivity index (χ1v) is 5.97. The van der Waals surface area contributed by atoms with Crippen molar-refractivity contribution in [2.24, 2.45) is 0 Å². The van der Waals surface area contributed by atoms with Crippen molar-refractivity contribution >= 4 is 11.4 Å². The predicted octanol–water partition coefficient (Wildman–Crippen LogP) is 1.61. The maximum absolute atomic E-state index is 10.5. The number of rotatable bonds is 9. The topological polar surface area (TPSA) is 96.8 Å². The number of ether oxygens (including phenoxy) is 3. The van der Waals surface area contributed by atoms with Gasteiger partial charge in [-0.2, -0.15) is 0 Å². The largest absolute Gasteiger partial charge is 0.489 e. The summed E-state index contributed by atoms with van der Waals surface area (Å²) in [7, 11) is 0. The van der Waals surface area contributed by atoms with Gasteiger partial charge in [0.15, 0.2) is 0 Å². The normalized spacial score (nSPS) is 10.4. The lowest BCUT2D eigenvalue weighted by Gasteiger charge is -2.09. The molecule has 19 heavy (non-hydrogen) atoms. The zero-order chi connectivity index (χ0) is 14.1. The van der Waals surface area contributed by atoms with Crippen LogP contribution in [0.4, 0.5) is 11.4 Å². The number of hydrogen-bond acceptors (Lipinski definition) is 6. The third-order valence-electron chi connectivity index (χ3n) is 2.27. The van der Waals surface area contributed by atoms with Crippen LogP contribution < -0.4 is 10.5 Å². The van der Waals surface area contributed by atoms with E-state index in [1.54, 1.807) is 0 Å². The monoisotopic (exact) mass is 270 g/mol. The molecule has 0 heterocycles. The van der Waals surface area contributed by atoms with Crippen LogP contribution in [0.15, 0.2) is 18.2 Å². The average molecular weight is 270 g/mol. The maximum atomic E-state index is 10.5. The lowest BCUT2D eigenvalue weighted by Crippen LogP contribution is -2.11. The molecule has 1 aromatic carbocycles. The van der Waals surface area contributed by atoms with Crippen molar-refractivity contribution in [1.82, 2.24) is 0 Å². The lowest BCUT2D eigenvalue weighted by atomic mass is 10.2. The van der Waals surface area contributed by atoms with E-state index in [1.165, 1.54) is 18.2 Å². The van der Waals surface area contributed by atoms with Gasteiger partial charge in [-0.25, -0.2) is 0 Å². The van der Waals surface area contributed by atoms with Gasteiger partial charge in [-0.3, -0.25) is 10.1 Å². The summed E-state index contributed by atoms with van der Waals surface area (Å²) >= 11 is 0. The van der Waals surface area contributed by atoms with E-state index in [1.807, 2.05) is 6.92 Å². The predicted molar refractivity (Wildman–Crippen MR) is 70.3 cm³/mol. The van der Waals surface area contributed by atoms with E-state index in [0.29, 0.717) is 38.8 Å². The number of hydrogen-bond donors (Lipinski definition) is 1. The molecule has 106 valence electrons. The maximum Gasteiger partial charge on any atom is 0.271 e. The zero-order valence-electron chi connectivity index (χ0n) is 10.8. The molecule has 0 aliphatic rings. The number of benzene rings is 1. The molecule has 0 unspecified atom stereocenters. The minimum absolute atomic E-state index is 0.0576. The van der Waals surface area contributed by atoms with Gasteiger partial charge in [0.1, 0.15) is 12.4 Å². The van der Waals surface area contributed by atoms with Gasteiger partial charge in [-0.15, -0.1) is 0 Å². The Morgan fingerprint density at radius 1 is 1.21 bits per heavy atom. The molecule has 0 aliphatic carbocycles. The van der Waals surface area contributed by atoms with Crippen molar-refractivity contribution in [1.29, 1.82) is 0 Å². The van der Waals surface area contributed by atoms with Crippen LogP contribution in [-0.4, -0.2) is 38.0 Å². The Bertz CT molecular complexity index is 411. The highest BCUT2D eigenvalue weighted by Crippen LogP contribution is 2.25. The first kappa shape index (κ1) is 15.2. The SMILES string of the molecule is CCOCCOCCOc1ccc([N+](=O)[O-])cc1N. The van der Waals surface area contributed by atoms with Crippen molar-refractivity contribution in [3.05, 3.63) is 28.3 Å². The summed E-state index contributed by atoms with van der Waals surface area (Å²) in [5.41, 5.74) is 5.83. The minimum atomic E-state index is -0.503. The summed E-state index contributed by atoms with van der Waals surface area (Å²) in [6, 6.07) is 4.10. The number of nitrogens with zero attached hydrogens (tertiary/aromatic N) is 1. The molecule has 0 bridgehead atoms. The Labute approximate surface area is 111 Å². The van der Waals surface area contributed by atoms with Crippen molar-refractivity contribution < 1.29 is 19.1 Å². The average Bonchev–Trinajstić information content (AvgIpc) is 2.39. The number of nitro benzene ring substituents is 1. The number of non-ortho nitro benzene ring substituents is 1. The smallest absolute Gasteiger partial charge is 0.271 e. The van der Waals surface area contributed by atoms with Crippen molar-refractivity contribution in [3.8, 4) is 5.75 Å². The van der Waals surface area contributed by atoms with E-state index in [2.05, 4.69) is 0 Å². The molecule has 0 radical (unpaired) electrons. The molecular formula is C12H18N2O5. The van der Waals surface area contributed by atoms with Gasteiger partial charge in [0.25, 0.3) is 5.69 Å². The van der Waals surface area contributed by atoms with Crippen LogP contribution in [0.3, 0.4) is 0 Å². The third kappa shape index (κ3) is 5.54. The summed E-state index contributed by atoms with van der Waals surface area (Å²) in [4.78, 5) is 10.0. The van der Waals surface area contributed by atoms with Crippen molar-refractivity contribution in [2.45, 2.75) is 6.92 Å². The Hall–Kier alpha value is -1.86. The standard InChI is InChI=1S/C12H18N2O5/c1-2-17-5-6-18-7-8-19-12-4-3-10(14(15)16)9-11(12)13/h3-4,9H,2,5-8,13H2,1H3. The van der Waals surface area contributed by atoms with Gasteiger partial charge in [-0.1, -0.05) is 0 Å². The van der Waals surface area contributed by atoms with Gasteiger partial charge in [0.05, 0.1) is 30.4 Å². The van der Waals surface area contributed by atoms with Gasteiger partial charge in [0.2, 0.25) is 0 Å². The second kappa shape index (κ2) is 8.28. The van der Waals surface area contributed by atoms with Gasteiger partial charge in [-0.05, 0) is 13.0 Å². The Kier molecular flexibility index (Phi) is 6.62. The molecule has 0 fully saturated rings. The lowest BCUT2D eigenvalue weighted by molar-refractivity contribution is -0.384. The Balaban J connectivity index is 2.28. The van der Waals surface area contributed by atoms with E-state index in [-0.39, 0.29) is 11.4 Å². The Morgan fingerprint density at radius 2 is 1.89 bits per heavy atom. The molecule has 0 spiro atoms. The molecule has 1 aromatic rings. The minimum Gasteiger partial charge on any atom is -0.489 e. The molecule has 0 saturated heterocycles. The fourth-order valence-electron chi connectivity index (χ4n) is 1.36. The van der Waals surface area contributed by atoms with Gasteiger partial charge < -0.3 is 19.9 Å². The van der Waals surface area contributed by atoms with Crippen molar-refractivity contribution in [3.63, 3.8) is 0 Å². The fourth-order valence-corrected chi connectivity index (χ4v) is 1.36. The number of anilines is 1. The molecule has 0 aliphatic heterocycles. The van der Waals surface area contributed by atoms with Crippen LogP contribution in [0, 0.1) is 10.1 Å². The van der Waals surface area contributed by atoms with Crippen LogP contribution in [0.25, 0.3) is 0 Å². The zero-order valence-corrected chi connectivity index (χ0v) is 10.8. The molecule has 0 amide bonds. The molecule has 1 rings (SSSR count). The van der Waals surface area contributed by atoms with Crippen LogP contribution in [0.1, 0.15) is 6.92 Å². The Morgan fingerprint density at radius 3 is 2.53 bits per heavy atom. The molecule has 2 N–H and O–H groups in total. The van der Waals surface area contributed by atoms with E-state index < -0.39 is 4.92 Å². The molecular weight excluding hydrogens is 252 g/mol. The molecule has 0 saturated carbocycles. The van der Waals surface area contributed by atoms with Crippen LogP contribution in [0.2, 0.25) is 0 Å². The summed E-state index contributed by atoms with van der Waals surface area (Å²) in [6.07, 6.45) is 0. The van der Waals surface area contributed by atoms with Crippen molar-refractivity contribution in [2.75, 3.05) is 38.8 Å². The highest BCUT2D eigenvalue weighted by Gasteiger charge is 2.09. The first-order chi connectivity index (χ1) is 9.15. The first-order valence-electron chi connectivity index (χ1n) is 5.97. The molecule has 7 nitrogen and oxygen atoms in total. The molecule has 7 heteroatoms. The number of nitrogens with two attached hydrogens (primary N) is 1. The fraction of sp³-hybridized carbons (Fsp3) is 0.500. The van der Waals surface area contributed by atoms with E-state index in [0.717, 1.165) is 0 Å². The highest BCUT2D eigenvalue weighted by atomic mass is 16.6. The summed E-state index contributed by atoms with van der Waals surface area (Å²) < 4.78 is 15.7. The number of nitro groups is 1. The summed E-state index contributed by atoms with van der Waals surface area (Å²) in [5.74, 6) is 0.416. The van der Waals surface area contributed by atoms with Crippen LogP contribution in [0.5, 0.6) is 5.75 Å². The quantitative estimate of drug-likeness (QED) is 0.317. The summed E-state index contributed by atoms with van der Waals surface area (Å²) in [5, 5.41) is 10.5. The highest BCUT2D eigenvalue weighted by molar-refractivity contribution is 5.58. The van der Waals surface area contributed by atoms with E-state index >= 15 is 0 Å². The second-order valence-corrected chi connectivity index (χ2v) is 3.64. The van der Waals surface area contributed by atoms with Crippen LogP contribution in [-0.2, 0) is 9.47 Å². The summed E-state index contributed by atoms with van der Waals surface area (Å²) in [6.45, 7) is 4.38. The van der Waals surface area contributed by atoms with Gasteiger partial charge in [0, 0.05) is 18.7 Å².